The molecular formula is C22H34F2Si. The molecule has 25 heavy (non-hydrogen) atoms. The first-order valence-corrected chi connectivity index (χ1v) is 12.6. The second-order valence-corrected chi connectivity index (χ2v) is 10.6. The van der Waals surface area contributed by atoms with E-state index in [9.17, 15) is 8.78 Å². The first-order valence-electron chi connectivity index (χ1n) is 10.6. The highest BCUT2D eigenvalue weighted by atomic mass is 28.2. The molecule has 3 rings (SSSR count). The first kappa shape index (κ1) is 19.1. The van der Waals surface area contributed by atoms with E-state index in [1.165, 1.54) is 63.1 Å². The Hall–Kier alpha value is -0.703. The van der Waals surface area contributed by atoms with Crippen LogP contribution in [-0.2, 0) is 0 Å². The van der Waals surface area contributed by atoms with Crippen LogP contribution in [0.25, 0.3) is 0 Å². The van der Waals surface area contributed by atoms with E-state index in [-0.39, 0.29) is 9.52 Å². The first-order chi connectivity index (χ1) is 12.2. The molecule has 0 nitrogen and oxygen atoms in total. The molecule has 2 saturated carbocycles. The highest BCUT2D eigenvalue weighted by Gasteiger charge is 2.31. The van der Waals surface area contributed by atoms with Crippen molar-refractivity contribution in [2.24, 2.45) is 17.8 Å². The molecule has 1 aromatic carbocycles. The van der Waals surface area contributed by atoms with Gasteiger partial charge in [-0.15, -0.1) is 0 Å². The van der Waals surface area contributed by atoms with Gasteiger partial charge in [0.25, 0.3) is 0 Å². The van der Waals surface area contributed by atoms with Crippen molar-refractivity contribution in [3.8, 4) is 0 Å². The third-order valence-electron chi connectivity index (χ3n) is 6.96. The molecule has 0 bridgehead atoms. The average Bonchev–Trinajstić information content (AvgIpc) is 2.65. The Morgan fingerprint density at radius 2 is 1.52 bits per heavy atom. The summed E-state index contributed by atoms with van der Waals surface area (Å²) < 4.78 is 26.6. The molecule has 3 heteroatoms. The summed E-state index contributed by atoms with van der Waals surface area (Å²) in [4.78, 5) is 0. The van der Waals surface area contributed by atoms with Crippen LogP contribution in [0.4, 0.5) is 8.78 Å². The fourth-order valence-corrected chi connectivity index (χ4v) is 7.26. The van der Waals surface area contributed by atoms with Gasteiger partial charge in [0.2, 0.25) is 0 Å². The quantitative estimate of drug-likeness (QED) is 0.401. The maximum absolute atomic E-state index is 13.5. The van der Waals surface area contributed by atoms with Gasteiger partial charge in [-0.1, -0.05) is 44.3 Å². The van der Waals surface area contributed by atoms with Gasteiger partial charge >= 0.3 is 0 Å². The van der Waals surface area contributed by atoms with Gasteiger partial charge in [0.15, 0.2) is 11.6 Å². The van der Waals surface area contributed by atoms with Gasteiger partial charge in [0.05, 0.1) is 0 Å². The van der Waals surface area contributed by atoms with Crippen molar-refractivity contribution in [2.45, 2.75) is 82.7 Å². The zero-order valence-electron chi connectivity index (χ0n) is 15.8. The van der Waals surface area contributed by atoms with Gasteiger partial charge in [0.1, 0.15) is 0 Å². The monoisotopic (exact) mass is 364 g/mol. The minimum atomic E-state index is -0.726. The summed E-state index contributed by atoms with van der Waals surface area (Å²) >= 11 is 0. The lowest BCUT2D eigenvalue weighted by Crippen LogP contribution is -2.25. The lowest BCUT2D eigenvalue weighted by atomic mass is 9.68. The summed E-state index contributed by atoms with van der Waals surface area (Å²) in [5.41, 5.74) is 1.00. The van der Waals surface area contributed by atoms with Crippen LogP contribution in [0, 0.1) is 29.4 Å². The normalized spacial score (nSPS) is 30.8. The molecule has 2 fully saturated rings. The minimum Gasteiger partial charge on any atom is -0.204 e. The van der Waals surface area contributed by atoms with Crippen molar-refractivity contribution < 1.29 is 8.78 Å². The summed E-state index contributed by atoms with van der Waals surface area (Å²) in [5.74, 6) is 1.89. The van der Waals surface area contributed by atoms with E-state index in [0.717, 1.165) is 36.2 Å². The molecule has 0 aliphatic heterocycles. The molecule has 0 radical (unpaired) electrons. The number of rotatable bonds is 6. The van der Waals surface area contributed by atoms with E-state index >= 15 is 0 Å². The smallest absolute Gasteiger partial charge is 0.159 e. The van der Waals surface area contributed by atoms with E-state index in [2.05, 4.69) is 6.92 Å². The molecule has 0 atom stereocenters. The van der Waals surface area contributed by atoms with Gasteiger partial charge < -0.3 is 0 Å². The second kappa shape index (κ2) is 9.30. The fourth-order valence-electron chi connectivity index (χ4n) is 5.32. The van der Waals surface area contributed by atoms with Crippen molar-refractivity contribution in [3.63, 3.8) is 0 Å². The minimum absolute atomic E-state index is 0.226. The summed E-state index contributed by atoms with van der Waals surface area (Å²) in [5, 5.41) is 0. The van der Waals surface area contributed by atoms with Crippen LogP contribution >= 0.6 is 0 Å². The predicted octanol–water partition coefficient (Wildman–Crippen LogP) is 6.46. The summed E-state index contributed by atoms with van der Waals surface area (Å²) in [6, 6.07) is 7.62. The molecule has 0 heterocycles. The second-order valence-electron chi connectivity index (χ2n) is 8.56. The molecule has 0 aromatic heterocycles. The largest absolute Gasteiger partial charge is 0.204 e. The Morgan fingerprint density at radius 1 is 0.880 bits per heavy atom. The third kappa shape index (κ3) is 5.15. The van der Waals surface area contributed by atoms with Gasteiger partial charge in [0, 0.05) is 9.52 Å². The number of benzene rings is 1. The molecule has 2 aliphatic rings. The van der Waals surface area contributed by atoms with Crippen LogP contribution in [-0.4, -0.2) is 9.52 Å². The van der Waals surface area contributed by atoms with Gasteiger partial charge in [-0.05, 0) is 79.9 Å². The Kier molecular flexibility index (Phi) is 7.09. The van der Waals surface area contributed by atoms with E-state index in [1.54, 1.807) is 12.1 Å². The molecule has 0 unspecified atom stereocenters. The number of hydrogen-bond donors (Lipinski definition) is 0. The van der Waals surface area contributed by atoms with E-state index in [4.69, 9.17) is 0 Å². The van der Waals surface area contributed by atoms with Crippen LogP contribution < -0.4 is 0 Å². The van der Waals surface area contributed by atoms with Crippen molar-refractivity contribution in [3.05, 3.63) is 35.4 Å². The molecule has 1 aromatic rings. The lowest BCUT2D eigenvalue weighted by molar-refractivity contribution is 0.165. The van der Waals surface area contributed by atoms with E-state index < -0.39 is 11.6 Å². The lowest BCUT2D eigenvalue weighted by Gasteiger charge is -2.38. The van der Waals surface area contributed by atoms with Crippen molar-refractivity contribution in [1.29, 1.82) is 0 Å². The zero-order valence-corrected chi connectivity index (χ0v) is 17.2. The number of halogens is 2. The van der Waals surface area contributed by atoms with Gasteiger partial charge in [-0.3, -0.25) is 0 Å². The maximum atomic E-state index is 13.5. The summed E-state index contributed by atoms with van der Waals surface area (Å²) in [6.07, 6.45) is 12.1. The predicted molar refractivity (Wildman–Crippen MR) is 105 cm³/mol. The van der Waals surface area contributed by atoms with E-state index in [0.29, 0.717) is 5.92 Å². The maximum Gasteiger partial charge on any atom is 0.159 e. The third-order valence-corrected chi connectivity index (χ3v) is 9.39. The highest BCUT2D eigenvalue weighted by Crippen LogP contribution is 2.44. The summed E-state index contributed by atoms with van der Waals surface area (Å²) in [6.45, 7) is 2.32. The number of hydrogen-bond acceptors (Lipinski definition) is 0. The Morgan fingerprint density at radius 3 is 2.12 bits per heavy atom. The van der Waals surface area contributed by atoms with Crippen LogP contribution in [0.1, 0.15) is 76.2 Å². The van der Waals surface area contributed by atoms with Crippen molar-refractivity contribution in [2.75, 3.05) is 0 Å². The Labute approximate surface area is 154 Å². The van der Waals surface area contributed by atoms with Crippen LogP contribution in [0.2, 0.25) is 12.1 Å². The zero-order chi connectivity index (χ0) is 17.6. The molecular weight excluding hydrogens is 330 g/mol. The van der Waals surface area contributed by atoms with Crippen LogP contribution in [0.15, 0.2) is 18.2 Å². The molecule has 0 N–H and O–H groups in total. The summed E-state index contributed by atoms with van der Waals surface area (Å²) in [7, 11) is 0.226. The standard InChI is InChI=1S/C22H34F2Si/c1-2-13-25-15-16-3-5-17(6-4-16)18-7-9-19(10-8-18)20-11-12-21(23)22(24)14-20/h11-12,14,16-19H,2-10,13,15,25H2,1H3. The van der Waals surface area contributed by atoms with Crippen LogP contribution in [0.5, 0.6) is 0 Å². The molecule has 2 aliphatic carbocycles. The van der Waals surface area contributed by atoms with E-state index in [1.807, 2.05) is 0 Å². The van der Waals surface area contributed by atoms with Gasteiger partial charge in [-0.25, -0.2) is 8.78 Å². The van der Waals surface area contributed by atoms with Crippen LogP contribution in [0.3, 0.4) is 0 Å². The Balaban J connectivity index is 1.43. The molecule has 0 saturated heterocycles. The van der Waals surface area contributed by atoms with Crippen molar-refractivity contribution in [1.82, 2.24) is 0 Å². The van der Waals surface area contributed by atoms with Gasteiger partial charge in [-0.2, -0.15) is 0 Å². The Bertz CT molecular complexity index is 529. The molecule has 0 amide bonds. The average molecular weight is 365 g/mol. The SMILES string of the molecule is CCC[SiH2]CC1CCC(C2CCC(c3ccc(F)c(F)c3)CC2)CC1. The topological polar surface area (TPSA) is 0 Å². The van der Waals surface area contributed by atoms with Crippen molar-refractivity contribution >= 4 is 9.52 Å². The molecule has 0 spiro atoms. The highest BCUT2D eigenvalue weighted by molar-refractivity contribution is 6.35. The fraction of sp³-hybridized carbons (Fsp3) is 0.727. The molecule has 140 valence electrons.